The van der Waals surface area contributed by atoms with Gasteiger partial charge in [-0.25, -0.2) is 0 Å². The Morgan fingerprint density at radius 2 is 0.921 bits per heavy atom. The van der Waals surface area contributed by atoms with E-state index in [1.54, 1.807) is 6.08 Å². The van der Waals surface area contributed by atoms with E-state index in [0.717, 1.165) is 57.8 Å². The van der Waals surface area contributed by atoms with Gasteiger partial charge in [-0.3, -0.25) is 4.79 Å². The monoisotopic (exact) mass is 1070 g/mol. The summed E-state index contributed by atoms with van der Waals surface area (Å²) in [7, 11) is 0. The van der Waals surface area contributed by atoms with E-state index in [9.17, 15) is 45.6 Å². The van der Waals surface area contributed by atoms with Gasteiger partial charge in [-0.15, -0.1) is 0 Å². The second kappa shape index (κ2) is 46.8. The van der Waals surface area contributed by atoms with Crippen molar-refractivity contribution in [2.24, 2.45) is 0 Å². The molecule has 2 saturated heterocycles. The molecule has 0 saturated carbocycles. The summed E-state index contributed by atoms with van der Waals surface area (Å²) in [5, 5.41) is 87.0. The molecule has 9 N–H and O–H groups in total. The minimum atomic E-state index is -1.80. The van der Waals surface area contributed by atoms with Crippen LogP contribution in [0.15, 0.2) is 97.2 Å². The number of allylic oxidation sites excluding steroid dienone is 15. The predicted octanol–water partition coefficient (Wildman–Crippen LogP) is 9.89. The predicted molar refractivity (Wildman–Crippen MR) is 304 cm³/mol. The van der Waals surface area contributed by atoms with E-state index in [4.69, 9.17) is 18.9 Å². The minimum Gasteiger partial charge on any atom is -0.394 e. The van der Waals surface area contributed by atoms with Gasteiger partial charge < -0.3 is 65.1 Å². The van der Waals surface area contributed by atoms with Crippen LogP contribution < -0.4 is 5.32 Å². The van der Waals surface area contributed by atoms with Crippen LogP contribution in [0.25, 0.3) is 0 Å². The Kier molecular flexibility index (Phi) is 42.5. The first-order valence-corrected chi connectivity index (χ1v) is 29.5. The van der Waals surface area contributed by atoms with Gasteiger partial charge in [-0.1, -0.05) is 201 Å². The number of carbonyl (C=O) groups is 1. The zero-order chi connectivity index (χ0) is 55.3. The molecule has 14 heteroatoms. The van der Waals surface area contributed by atoms with E-state index in [1.165, 1.54) is 96.3 Å². The van der Waals surface area contributed by atoms with E-state index < -0.39 is 86.8 Å². The van der Waals surface area contributed by atoms with Crippen LogP contribution in [0.3, 0.4) is 0 Å². The summed E-state index contributed by atoms with van der Waals surface area (Å²) >= 11 is 0. The third kappa shape index (κ3) is 32.1. The Labute approximate surface area is 458 Å². The fourth-order valence-corrected chi connectivity index (χ4v) is 9.00. The molecule has 2 heterocycles. The number of rotatable bonds is 45. The maximum absolute atomic E-state index is 13.2. The van der Waals surface area contributed by atoms with Gasteiger partial charge in [0.1, 0.15) is 48.8 Å². The highest BCUT2D eigenvalue weighted by Gasteiger charge is 2.51. The zero-order valence-electron chi connectivity index (χ0n) is 46.7. The van der Waals surface area contributed by atoms with Crippen LogP contribution in [0.4, 0.5) is 0 Å². The average molecular weight is 1070 g/mol. The SMILES string of the molecule is CC/C=C\C/C=C\C/C=C\C/C=C\C/C=C\CCCC(=O)NC(COC1OC(CO)C(OC2OC(CO)C(O)C(O)C2O)C(O)C1O)C(O)/C=C/CC/C=C/CC/C=C/CCCCCCCCCCCCCCCCC. The van der Waals surface area contributed by atoms with Gasteiger partial charge in [0.15, 0.2) is 12.6 Å². The highest BCUT2D eigenvalue weighted by Crippen LogP contribution is 2.30. The fraction of sp³-hybridized carbons (Fsp3) is 0.726. The van der Waals surface area contributed by atoms with Gasteiger partial charge in [0.05, 0.1) is 32.0 Å². The number of aliphatic hydroxyl groups is 8. The third-order valence-corrected chi connectivity index (χ3v) is 13.7. The lowest BCUT2D eigenvalue weighted by molar-refractivity contribution is -0.359. The normalized spacial score (nSPS) is 25.6. The van der Waals surface area contributed by atoms with E-state index in [1.807, 2.05) is 12.2 Å². The molecule has 1 amide bonds. The number of unbranched alkanes of at least 4 members (excludes halogenated alkanes) is 18. The Bertz CT molecular complexity index is 1640. The largest absolute Gasteiger partial charge is 0.394 e. The van der Waals surface area contributed by atoms with E-state index >= 15 is 0 Å². The number of carbonyl (C=O) groups excluding carboxylic acids is 1. The van der Waals surface area contributed by atoms with Gasteiger partial charge in [0, 0.05) is 6.42 Å². The van der Waals surface area contributed by atoms with Crippen molar-refractivity contribution in [3.05, 3.63) is 97.2 Å². The van der Waals surface area contributed by atoms with Crippen molar-refractivity contribution in [3.8, 4) is 0 Å². The van der Waals surface area contributed by atoms with Crippen LogP contribution in [0.1, 0.15) is 194 Å². The number of aliphatic hydroxyl groups excluding tert-OH is 8. The van der Waals surface area contributed by atoms with Crippen LogP contribution in [0, 0.1) is 0 Å². The fourth-order valence-electron chi connectivity index (χ4n) is 9.00. The summed E-state index contributed by atoms with van der Waals surface area (Å²) in [5.74, 6) is -0.313. The molecule has 0 aromatic rings. The first kappa shape index (κ1) is 69.0. The van der Waals surface area contributed by atoms with Gasteiger partial charge in [0.2, 0.25) is 5.91 Å². The molecular formula is C62H105NO13. The topological polar surface area (TPSA) is 228 Å². The molecule has 0 bridgehead atoms. The van der Waals surface area contributed by atoms with Gasteiger partial charge in [-0.2, -0.15) is 0 Å². The van der Waals surface area contributed by atoms with Crippen LogP contribution in [0.5, 0.6) is 0 Å². The van der Waals surface area contributed by atoms with Gasteiger partial charge in [0.25, 0.3) is 0 Å². The summed E-state index contributed by atoms with van der Waals surface area (Å²) < 4.78 is 22.7. The van der Waals surface area contributed by atoms with Crippen LogP contribution >= 0.6 is 0 Å². The molecule has 2 aliphatic heterocycles. The molecule has 436 valence electrons. The van der Waals surface area contributed by atoms with Crippen molar-refractivity contribution >= 4 is 5.91 Å². The molecule has 0 aromatic carbocycles. The van der Waals surface area contributed by atoms with E-state index in [0.29, 0.717) is 19.3 Å². The molecule has 12 atom stereocenters. The first-order chi connectivity index (χ1) is 37.1. The second-order valence-corrected chi connectivity index (χ2v) is 20.4. The minimum absolute atomic E-state index is 0.186. The lowest BCUT2D eigenvalue weighted by Gasteiger charge is -2.46. The van der Waals surface area contributed by atoms with E-state index in [2.05, 4.69) is 98.2 Å². The smallest absolute Gasteiger partial charge is 0.220 e. The van der Waals surface area contributed by atoms with Crippen molar-refractivity contribution in [1.82, 2.24) is 5.32 Å². The maximum Gasteiger partial charge on any atom is 0.220 e. The third-order valence-electron chi connectivity index (χ3n) is 13.7. The molecular weight excluding hydrogens is 967 g/mol. The number of nitrogens with one attached hydrogen (secondary N) is 1. The number of hydrogen-bond acceptors (Lipinski definition) is 13. The summed E-state index contributed by atoms with van der Waals surface area (Å²) in [6, 6.07) is -0.974. The molecule has 14 nitrogen and oxygen atoms in total. The van der Waals surface area contributed by atoms with Crippen molar-refractivity contribution in [2.45, 2.75) is 267 Å². The number of ether oxygens (including phenoxy) is 4. The highest BCUT2D eigenvalue weighted by atomic mass is 16.7. The van der Waals surface area contributed by atoms with Crippen molar-refractivity contribution < 1.29 is 64.6 Å². The Morgan fingerprint density at radius 1 is 0.487 bits per heavy atom. The molecule has 0 spiro atoms. The number of hydrogen-bond donors (Lipinski definition) is 9. The standard InChI is InChI=1S/C62H105NO13/c1-3-5-7-9-11-13-15-17-19-21-22-23-24-25-26-27-28-30-31-33-35-37-39-41-43-45-51(66)50(63-54(67)46-44-42-40-38-36-34-32-29-20-18-16-14-12-10-8-6-4-2)49-73-61-59(72)57(70)60(53(48-65)75-61)76-62-58(71)56(69)55(68)52(47-64)74-62/h6,8,12,14,18,20,28,30,32,34-35,37-38,40,43,45,50-53,55-62,64-66,68-72H,3-5,7,9-11,13,15-17,19,21-27,29,31,33,36,39,41-42,44,46-49H2,1-2H3,(H,63,67)/b8-6-,14-12-,20-18-,30-28+,34-32-,37-35+,40-38-,45-43+. The quantitative estimate of drug-likeness (QED) is 0.0205. The lowest BCUT2D eigenvalue weighted by atomic mass is 9.97. The number of amides is 1. The molecule has 76 heavy (non-hydrogen) atoms. The average Bonchev–Trinajstić information content (AvgIpc) is 3.42. The summed E-state index contributed by atoms with van der Waals surface area (Å²) in [6.07, 6.45) is 47.5. The van der Waals surface area contributed by atoms with Gasteiger partial charge >= 0.3 is 0 Å². The Balaban J connectivity index is 1.82. The van der Waals surface area contributed by atoms with Crippen molar-refractivity contribution in [3.63, 3.8) is 0 Å². The zero-order valence-corrected chi connectivity index (χ0v) is 46.7. The van der Waals surface area contributed by atoms with E-state index in [-0.39, 0.29) is 18.9 Å². The van der Waals surface area contributed by atoms with Gasteiger partial charge in [-0.05, 0) is 83.5 Å². The van der Waals surface area contributed by atoms with Crippen molar-refractivity contribution in [2.75, 3.05) is 19.8 Å². The first-order valence-electron chi connectivity index (χ1n) is 29.5. The molecule has 0 aliphatic carbocycles. The van der Waals surface area contributed by atoms with Crippen LogP contribution in [0.2, 0.25) is 0 Å². The second-order valence-electron chi connectivity index (χ2n) is 20.4. The molecule has 0 aromatic heterocycles. The summed E-state index contributed by atoms with van der Waals surface area (Å²) in [6.45, 7) is 2.61. The molecule has 2 rings (SSSR count). The molecule has 12 unspecified atom stereocenters. The van der Waals surface area contributed by atoms with Crippen LogP contribution in [-0.2, 0) is 23.7 Å². The molecule has 0 radical (unpaired) electrons. The molecule has 2 fully saturated rings. The lowest BCUT2D eigenvalue weighted by Crippen LogP contribution is -2.65. The highest BCUT2D eigenvalue weighted by molar-refractivity contribution is 5.76. The van der Waals surface area contributed by atoms with Crippen molar-refractivity contribution in [1.29, 1.82) is 0 Å². The summed E-state index contributed by atoms with van der Waals surface area (Å²) in [5.41, 5.74) is 0. The maximum atomic E-state index is 13.2. The molecule has 2 aliphatic rings. The summed E-state index contributed by atoms with van der Waals surface area (Å²) in [4.78, 5) is 13.2. The Morgan fingerprint density at radius 3 is 1.45 bits per heavy atom. The van der Waals surface area contributed by atoms with Crippen LogP contribution in [-0.4, -0.2) is 140 Å². The Hall–Kier alpha value is -3.09.